The van der Waals surface area contributed by atoms with Crippen molar-refractivity contribution >= 4 is 0 Å². The molecule has 3 heteroatoms. The average molecular weight is 200 g/mol. The van der Waals surface area contributed by atoms with Crippen molar-refractivity contribution in [2.45, 2.75) is 51.1 Å². The third kappa shape index (κ3) is 3.95. The fourth-order valence-electron chi connectivity index (χ4n) is 1.68. The standard InChI is InChI=1S/C11H24N2O/c1-3-7-13(10-4-5-10)8-6-11(2,12)9-14/h10,14H,3-9,12H2,1-2H3. The van der Waals surface area contributed by atoms with Gasteiger partial charge in [0.25, 0.3) is 0 Å². The third-order valence-electron chi connectivity index (χ3n) is 2.91. The van der Waals surface area contributed by atoms with Crippen LogP contribution >= 0.6 is 0 Å². The first-order chi connectivity index (χ1) is 6.59. The van der Waals surface area contributed by atoms with E-state index in [2.05, 4.69) is 11.8 Å². The molecule has 0 bridgehead atoms. The van der Waals surface area contributed by atoms with Gasteiger partial charge in [0, 0.05) is 18.1 Å². The topological polar surface area (TPSA) is 49.5 Å². The number of nitrogens with two attached hydrogens (primary N) is 1. The van der Waals surface area contributed by atoms with Crippen molar-refractivity contribution in [2.24, 2.45) is 5.73 Å². The number of aliphatic hydroxyl groups is 1. The van der Waals surface area contributed by atoms with Crippen molar-refractivity contribution in [3.05, 3.63) is 0 Å². The van der Waals surface area contributed by atoms with Crippen LogP contribution in [0.4, 0.5) is 0 Å². The van der Waals surface area contributed by atoms with Gasteiger partial charge in [-0.3, -0.25) is 0 Å². The third-order valence-corrected chi connectivity index (χ3v) is 2.91. The SMILES string of the molecule is CCCN(CCC(C)(N)CO)C1CC1. The molecule has 1 fully saturated rings. The smallest absolute Gasteiger partial charge is 0.0608 e. The number of rotatable bonds is 7. The Bertz CT molecular complexity index is 167. The summed E-state index contributed by atoms with van der Waals surface area (Å²) in [6, 6.07) is 0.810. The van der Waals surface area contributed by atoms with E-state index >= 15 is 0 Å². The van der Waals surface area contributed by atoms with E-state index in [4.69, 9.17) is 10.8 Å². The van der Waals surface area contributed by atoms with Crippen LogP contribution in [-0.2, 0) is 0 Å². The van der Waals surface area contributed by atoms with Crippen LogP contribution < -0.4 is 5.73 Å². The Morgan fingerprint density at radius 1 is 1.43 bits per heavy atom. The van der Waals surface area contributed by atoms with Crippen molar-refractivity contribution in [3.8, 4) is 0 Å². The molecule has 0 heterocycles. The average Bonchev–Trinajstić information content (AvgIpc) is 2.95. The summed E-state index contributed by atoms with van der Waals surface area (Å²) in [5, 5.41) is 9.05. The van der Waals surface area contributed by atoms with Gasteiger partial charge in [-0.05, 0) is 39.2 Å². The molecule has 0 aliphatic heterocycles. The van der Waals surface area contributed by atoms with E-state index in [-0.39, 0.29) is 6.61 Å². The maximum absolute atomic E-state index is 9.05. The van der Waals surface area contributed by atoms with Crippen LogP contribution in [0, 0.1) is 0 Å². The Kier molecular flexibility index (Phi) is 4.35. The summed E-state index contributed by atoms with van der Waals surface area (Å²) in [4.78, 5) is 2.51. The van der Waals surface area contributed by atoms with Crippen molar-refractivity contribution in [1.29, 1.82) is 0 Å². The van der Waals surface area contributed by atoms with Gasteiger partial charge in [-0.15, -0.1) is 0 Å². The maximum atomic E-state index is 9.05. The summed E-state index contributed by atoms with van der Waals surface area (Å²) >= 11 is 0. The number of aliphatic hydroxyl groups excluding tert-OH is 1. The van der Waals surface area contributed by atoms with Crippen LogP contribution in [-0.4, -0.2) is 41.3 Å². The van der Waals surface area contributed by atoms with Crippen LogP contribution in [0.15, 0.2) is 0 Å². The minimum atomic E-state index is -0.402. The van der Waals surface area contributed by atoms with Gasteiger partial charge in [0.2, 0.25) is 0 Å². The molecule has 0 aromatic carbocycles. The molecule has 1 rings (SSSR count). The van der Waals surface area contributed by atoms with Crippen LogP contribution in [0.2, 0.25) is 0 Å². The molecule has 1 aliphatic rings. The van der Waals surface area contributed by atoms with Crippen LogP contribution in [0.5, 0.6) is 0 Å². The Morgan fingerprint density at radius 3 is 2.50 bits per heavy atom. The molecule has 0 saturated heterocycles. The molecule has 0 aromatic rings. The normalized spacial score (nSPS) is 21.2. The number of hydrogen-bond acceptors (Lipinski definition) is 3. The van der Waals surface area contributed by atoms with Crippen molar-refractivity contribution < 1.29 is 5.11 Å². The zero-order chi connectivity index (χ0) is 10.6. The van der Waals surface area contributed by atoms with Gasteiger partial charge in [0.1, 0.15) is 0 Å². The molecule has 1 aliphatic carbocycles. The minimum absolute atomic E-state index is 0.0810. The van der Waals surface area contributed by atoms with Gasteiger partial charge in [0.15, 0.2) is 0 Å². The second-order valence-corrected chi connectivity index (χ2v) is 4.83. The summed E-state index contributed by atoms with van der Waals surface area (Å²) in [5.74, 6) is 0. The first-order valence-corrected chi connectivity index (χ1v) is 5.73. The van der Waals surface area contributed by atoms with Gasteiger partial charge in [-0.2, -0.15) is 0 Å². The maximum Gasteiger partial charge on any atom is 0.0608 e. The Morgan fingerprint density at radius 2 is 2.07 bits per heavy atom. The van der Waals surface area contributed by atoms with Crippen molar-refractivity contribution in [3.63, 3.8) is 0 Å². The first-order valence-electron chi connectivity index (χ1n) is 5.73. The lowest BCUT2D eigenvalue weighted by molar-refractivity contribution is 0.171. The van der Waals surface area contributed by atoms with E-state index < -0.39 is 5.54 Å². The monoisotopic (exact) mass is 200 g/mol. The second-order valence-electron chi connectivity index (χ2n) is 4.83. The molecule has 3 N–H and O–H groups in total. The van der Waals surface area contributed by atoms with Gasteiger partial charge in [-0.1, -0.05) is 6.92 Å². The number of nitrogens with zero attached hydrogens (tertiary/aromatic N) is 1. The van der Waals surface area contributed by atoms with Gasteiger partial charge in [-0.25, -0.2) is 0 Å². The van der Waals surface area contributed by atoms with E-state index in [0.717, 1.165) is 19.0 Å². The highest BCUT2D eigenvalue weighted by molar-refractivity contribution is 4.87. The summed E-state index contributed by atoms with van der Waals surface area (Å²) < 4.78 is 0. The van der Waals surface area contributed by atoms with Crippen LogP contribution in [0.25, 0.3) is 0 Å². The predicted octanol–water partition coefficient (Wildman–Crippen LogP) is 0.961. The molecule has 14 heavy (non-hydrogen) atoms. The molecule has 0 aromatic heterocycles. The predicted molar refractivity (Wildman–Crippen MR) is 59.2 cm³/mol. The summed E-state index contributed by atoms with van der Waals surface area (Å²) in [6.07, 6.45) is 4.79. The minimum Gasteiger partial charge on any atom is -0.394 e. The van der Waals surface area contributed by atoms with Crippen molar-refractivity contribution in [1.82, 2.24) is 4.90 Å². The zero-order valence-electron chi connectivity index (χ0n) is 9.50. The quantitative estimate of drug-likeness (QED) is 0.643. The second kappa shape index (κ2) is 5.10. The fraction of sp³-hybridized carbons (Fsp3) is 1.00. The highest BCUT2D eigenvalue weighted by Crippen LogP contribution is 2.27. The van der Waals surface area contributed by atoms with Gasteiger partial charge >= 0.3 is 0 Å². The molecule has 84 valence electrons. The molecule has 0 amide bonds. The Hall–Kier alpha value is -0.120. The van der Waals surface area contributed by atoms with E-state index in [0.29, 0.717) is 0 Å². The highest BCUT2D eigenvalue weighted by atomic mass is 16.3. The molecule has 0 radical (unpaired) electrons. The molecule has 1 unspecified atom stereocenters. The van der Waals surface area contributed by atoms with Gasteiger partial charge in [0.05, 0.1) is 6.61 Å². The lowest BCUT2D eigenvalue weighted by Gasteiger charge is -2.27. The van der Waals surface area contributed by atoms with Crippen molar-refractivity contribution in [2.75, 3.05) is 19.7 Å². The summed E-state index contributed by atoms with van der Waals surface area (Å²) in [6.45, 7) is 6.42. The molecule has 1 atom stereocenters. The largest absolute Gasteiger partial charge is 0.394 e. The lowest BCUT2D eigenvalue weighted by Crippen LogP contribution is -2.44. The highest BCUT2D eigenvalue weighted by Gasteiger charge is 2.29. The Balaban J connectivity index is 2.25. The van der Waals surface area contributed by atoms with E-state index in [9.17, 15) is 0 Å². The first kappa shape index (κ1) is 12.0. The van der Waals surface area contributed by atoms with Crippen LogP contribution in [0.3, 0.4) is 0 Å². The number of hydrogen-bond donors (Lipinski definition) is 2. The van der Waals surface area contributed by atoms with E-state index in [1.165, 1.54) is 25.8 Å². The van der Waals surface area contributed by atoms with Crippen LogP contribution in [0.1, 0.15) is 39.5 Å². The Labute approximate surface area is 87.3 Å². The van der Waals surface area contributed by atoms with Gasteiger partial charge < -0.3 is 15.7 Å². The molecule has 3 nitrogen and oxygen atoms in total. The summed E-state index contributed by atoms with van der Waals surface area (Å²) in [5.41, 5.74) is 5.50. The fourth-order valence-corrected chi connectivity index (χ4v) is 1.68. The van der Waals surface area contributed by atoms with E-state index in [1.807, 2.05) is 6.92 Å². The lowest BCUT2D eigenvalue weighted by atomic mass is 10.0. The van der Waals surface area contributed by atoms with E-state index in [1.54, 1.807) is 0 Å². The molecular formula is C11H24N2O. The molecule has 1 saturated carbocycles. The summed E-state index contributed by atoms with van der Waals surface area (Å²) in [7, 11) is 0. The zero-order valence-corrected chi connectivity index (χ0v) is 9.50. The molecular weight excluding hydrogens is 176 g/mol. The molecule has 0 spiro atoms.